The number of anilines is 3. The summed E-state index contributed by atoms with van der Waals surface area (Å²) in [5.74, 6) is 0.297. The van der Waals surface area contributed by atoms with Crippen molar-refractivity contribution in [1.29, 1.82) is 0 Å². The van der Waals surface area contributed by atoms with E-state index in [0.717, 1.165) is 5.69 Å². The van der Waals surface area contributed by atoms with Crippen LogP contribution in [0.3, 0.4) is 0 Å². The van der Waals surface area contributed by atoms with Crippen molar-refractivity contribution in [2.45, 2.75) is 0 Å². The molecule has 0 aliphatic heterocycles. The van der Waals surface area contributed by atoms with Crippen molar-refractivity contribution in [3.05, 3.63) is 47.4 Å². The highest BCUT2D eigenvalue weighted by molar-refractivity contribution is 6.33. The molecule has 2 rings (SSSR count). The zero-order chi connectivity index (χ0) is 12.4. The van der Waals surface area contributed by atoms with E-state index in [-0.39, 0.29) is 5.82 Å². The van der Waals surface area contributed by atoms with Gasteiger partial charge in [-0.2, -0.15) is 0 Å². The Labute approximate surface area is 104 Å². The highest BCUT2D eigenvalue weighted by Gasteiger charge is 2.10. The van der Waals surface area contributed by atoms with Crippen molar-refractivity contribution in [1.82, 2.24) is 4.98 Å². The second-order valence-corrected chi connectivity index (χ2v) is 4.02. The Balaban J connectivity index is 2.36. The monoisotopic (exact) mass is 251 g/mol. The van der Waals surface area contributed by atoms with E-state index in [1.165, 1.54) is 18.3 Å². The molecule has 1 heterocycles. The van der Waals surface area contributed by atoms with Crippen molar-refractivity contribution in [3.8, 4) is 0 Å². The molecule has 2 N–H and O–H groups in total. The molecule has 0 spiro atoms. The fourth-order valence-electron chi connectivity index (χ4n) is 1.48. The van der Waals surface area contributed by atoms with E-state index in [4.69, 9.17) is 17.3 Å². The van der Waals surface area contributed by atoms with Crippen LogP contribution in [-0.2, 0) is 0 Å². The van der Waals surface area contributed by atoms with Gasteiger partial charge in [-0.1, -0.05) is 11.6 Å². The van der Waals surface area contributed by atoms with Crippen molar-refractivity contribution >= 4 is 28.8 Å². The first-order valence-electron chi connectivity index (χ1n) is 4.98. The number of nitrogen functional groups attached to an aromatic ring is 1. The summed E-state index contributed by atoms with van der Waals surface area (Å²) in [5, 5.41) is 0.455. The number of rotatable bonds is 2. The molecule has 0 aliphatic rings. The van der Waals surface area contributed by atoms with Crippen LogP contribution in [0.5, 0.6) is 0 Å². The summed E-state index contributed by atoms with van der Waals surface area (Å²) in [6.07, 6.45) is 1.53. The van der Waals surface area contributed by atoms with Crippen molar-refractivity contribution in [2.24, 2.45) is 0 Å². The lowest BCUT2D eigenvalue weighted by molar-refractivity contribution is 0.628. The predicted molar refractivity (Wildman–Crippen MR) is 68.1 cm³/mol. The molecule has 0 aliphatic carbocycles. The minimum Gasteiger partial charge on any atom is -0.397 e. The van der Waals surface area contributed by atoms with Gasteiger partial charge in [0.25, 0.3) is 0 Å². The van der Waals surface area contributed by atoms with Crippen LogP contribution in [0.1, 0.15) is 0 Å². The van der Waals surface area contributed by atoms with E-state index in [1.807, 2.05) is 0 Å². The summed E-state index contributed by atoms with van der Waals surface area (Å²) in [4.78, 5) is 5.92. The molecule has 0 saturated carbocycles. The quantitative estimate of drug-likeness (QED) is 0.891. The summed E-state index contributed by atoms with van der Waals surface area (Å²) in [6.45, 7) is 0. The molecule has 3 nitrogen and oxygen atoms in total. The third-order valence-corrected chi connectivity index (χ3v) is 2.65. The number of aromatic nitrogens is 1. The maximum atomic E-state index is 12.8. The van der Waals surface area contributed by atoms with Crippen LogP contribution >= 0.6 is 11.6 Å². The SMILES string of the molecule is CN(c1ccc(F)cc1)c1ncc(N)cc1Cl. The van der Waals surface area contributed by atoms with Crippen molar-refractivity contribution in [2.75, 3.05) is 17.7 Å². The number of hydrogen-bond acceptors (Lipinski definition) is 3. The maximum absolute atomic E-state index is 12.8. The molecular weight excluding hydrogens is 241 g/mol. The molecular formula is C12H11ClFN3. The van der Waals surface area contributed by atoms with E-state index in [1.54, 1.807) is 30.1 Å². The normalized spacial score (nSPS) is 10.3. The van der Waals surface area contributed by atoms with Gasteiger partial charge in [0, 0.05) is 12.7 Å². The second-order valence-electron chi connectivity index (χ2n) is 3.61. The number of pyridine rings is 1. The first-order valence-corrected chi connectivity index (χ1v) is 5.36. The van der Waals surface area contributed by atoms with Gasteiger partial charge in [0.05, 0.1) is 16.9 Å². The molecule has 0 atom stereocenters. The van der Waals surface area contributed by atoms with Crippen LogP contribution in [-0.4, -0.2) is 12.0 Å². The van der Waals surface area contributed by atoms with E-state index in [2.05, 4.69) is 4.98 Å². The molecule has 0 saturated heterocycles. The molecule has 5 heteroatoms. The Bertz CT molecular complexity index is 528. The Morgan fingerprint density at radius 1 is 1.29 bits per heavy atom. The van der Waals surface area contributed by atoms with E-state index in [0.29, 0.717) is 16.5 Å². The topological polar surface area (TPSA) is 42.2 Å². The first kappa shape index (κ1) is 11.7. The van der Waals surface area contributed by atoms with Gasteiger partial charge in [0.15, 0.2) is 5.82 Å². The number of nitrogens with two attached hydrogens (primary N) is 1. The van der Waals surface area contributed by atoms with E-state index < -0.39 is 0 Å². The molecule has 17 heavy (non-hydrogen) atoms. The third-order valence-electron chi connectivity index (χ3n) is 2.37. The minimum atomic E-state index is -0.279. The fraction of sp³-hybridized carbons (Fsp3) is 0.0833. The van der Waals surface area contributed by atoms with Gasteiger partial charge in [-0.25, -0.2) is 9.37 Å². The fourth-order valence-corrected chi connectivity index (χ4v) is 1.78. The average Bonchev–Trinajstić information content (AvgIpc) is 2.29. The second kappa shape index (κ2) is 4.59. The van der Waals surface area contributed by atoms with Gasteiger partial charge in [0.2, 0.25) is 0 Å². The summed E-state index contributed by atoms with van der Waals surface area (Å²) < 4.78 is 12.8. The molecule has 2 aromatic rings. The molecule has 0 fully saturated rings. The highest BCUT2D eigenvalue weighted by atomic mass is 35.5. The Morgan fingerprint density at radius 3 is 2.53 bits per heavy atom. The van der Waals surface area contributed by atoms with Crippen LogP contribution < -0.4 is 10.6 Å². The maximum Gasteiger partial charge on any atom is 0.151 e. The Morgan fingerprint density at radius 2 is 1.94 bits per heavy atom. The summed E-state index contributed by atoms with van der Waals surface area (Å²) in [5.41, 5.74) is 6.87. The molecule has 0 amide bonds. The number of hydrogen-bond donors (Lipinski definition) is 1. The average molecular weight is 252 g/mol. The highest BCUT2D eigenvalue weighted by Crippen LogP contribution is 2.29. The Kier molecular flexibility index (Phi) is 3.15. The predicted octanol–water partition coefficient (Wildman–Crippen LogP) is 3.22. The zero-order valence-electron chi connectivity index (χ0n) is 9.19. The van der Waals surface area contributed by atoms with Crippen LogP contribution in [0.2, 0.25) is 5.02 Å². The number of nitrogens with zero attached hydrogens (tertiary/aromatic N) is 2. The summed E-state index contributed by atoms with van der Waals surface area (Å²) in [7, 11) is 1.80. The van der Waals surface area contributed by atoms with Crippen LogP contribution in [0.25, 0.3) is 0 Å². The molecule has 88 valence electrons. The first-order chi connectivity index (χ1) is 8.08. The zero-order valence-corrected chi connectivity index (χ0v) is 9.95. The lowest BCUT2D eigenvalue weighted by Gasteiger charge is -2.19. The van der Waals surface area contributed by atoms with E-state index in [9.17, 15) is 4.39 Å². The smallest absolute Gasteiger partial charge is 0.151 e. The lowest BCUT2D eigenvalue weighted by atomic mass is 10.3. The summed E-state index contributed by atoms with van der Waals surface area (Å²) >= 11 is 6.05. The molecule has 1 aromatic carbocycles. The van der Waals surface area contributed by atoms with Crippen LogP contribution in [0.4, 0.5) is 21.6 Å². The minimum absolute atomic E-state index is 0.279. The van der Waals surface area contributed by atoms with Gasteiger partial charge >= 0.3 is 0 Å². The van der Waals surface area contributed by atoms with Crippen molar-refractivity contribution < 1.29 is 4.39 Å². The van der Waals surface area contributed by atoms with E-state index >= 15 is 0 Å². The lowest BCUT2D eigenvalue weighted by Crippen LogP contribution is -2.11. The Hall–Kier alpha value is -1.81. The molecule has 0 bridgehead atoms. The van der Waals surface area contributed by atoms with Crippen LogP contribution in [0, 0.1) is 5.82 Å². The third kappa shape index (κ3) is 2.47. The molecule has 0 unspecified atom stereocenters. The number of benzene rings is 1. The van der Waals surface area contributed by atoms with Gasteiger partial charge in [0.1, 0.15) is 5.82 Å². The largest absolute Gasteiger partial charge is 0.397 e. The molecule has 0 radical (unpaired) electrons. The van der Waals surface area contributed by atoms with Gasteiger partial charge < -0.3 is 10.6 Å². The van der Waals surface area contributed by atoms with Crippen molar-refractivity contribution in [3.63, 3.8) is 0 Å². The van der Waals surface area contributed by atoms with Gasteiger partial charge in [-0.3, -0.25) is 0 Å². The standard InChI is InChI=1S/C12H11ClFN3/c1-17(10-4-2-8(14)3-5-10)12-11(13)6-9(15)7-16-12/h2-7H,15H2,1H3. The van der Waals surface area contributed by atoms with Gasteiger partial charge in [-0.15, -0.1) is 0 Å². The molecule has 1 aromatic heterocycles. The summed E-state index contributed by atoms with van der Waals surface area (Å²) in [6, 6.07) is 7.71. The van der Waals surface area contributed by atoms with Gasteiger partial charge in [-0.05, 0) is 30.3 Å². The number of halogens is 2. The van der Waals surface area contributed by atoms with Crippen LogP contribution in [0.15, 0.2) is 36.5 Å².